The molecule has 1 aromatic carbocycles. The van der Waals surface area contributed by atoms with Gasteiger partial charge in [0, 0.05) is 6.42 Å². The summed E-state index contributed by atoms with van der Waals surface area (Å²) >= 11 is 0. The second kappa shape index (κ2) is 5.63. The molecule has 0 aliphatic rings. The molecule has 0 fully saturated rings. The number of aryl methyl sites for hydroxylation is 1. The average Bonchev–Trinajstić information content (AvgIpc) is 2.26. The van der Waals surface area contributed by atoms with Crippen molar-refractivity contribution >= 4 is 21.9 Å². The van der Waals surface area contributed by atoms with Crippen LogP contribution >= 0.6 is 0 Å². The van der Waals surface area contributed by atoms with Crippen molar-refractivity contribution in [1.82, 2.24) is 4.72 Å². The highest BCUT2D eigenvalue weighted by molar-refractivity contribution is 7.90. The molecule has 0 aliphatic heterocycles. The molecular formula is C11H13NO5S. The molecule has 0 radical (unpaired) electrons. The number of rotatable bonds is 5. The highest BCUT2D eigenvalue weighted by Crippen LogP contribution is 2.10. The summed E-state index contributed by atoms with van der Waals surface area (Å²) in [5, 5.41) is 8.38. The van der Waals surface area contributed by atoms with Gasteiger partial charge in [-0.25, -0.2) is 13.1 Å². The molecule has 0 heterocycles. The third-order valence-corrected chi connectivity index (χ3v) is 3.53. The summed E-state index contributed by atoms with van der Waals surface area (Å²) in [5.41, 5.74) is 0.895. The van der Waals surface area contributed by atoms with Crippen molar-refractivity contribution in [3.05, 3.63) is 29.8 Å². The summed E-state index contributed by atoms with van der Waals surface area (Å²) in [6.45, 7) is 1.81. The van der Waals surface area contributed by atoms with Gasteiger partial charge in [0.25, 0.3) is 10.0 Å². The van der Waals surface area contributed by atoms with Crippen molar-refractivity contribution in [1.29, 1.82) is 0 Å². The molecule has 6 nitrogen and oxygen atoms in total. The Hall–Kier alpha value is -1.89. The Kier molecular flexibility index (Phi) is 4.43. The molecule has 0 aliphatic carbocycles. The van der Waals surface area contributed by atoms with Gasteiger partial charge in [-0.3, -0.25) is 9.59 Å². The molecule has 1 aromatic rings. The first kappa shape index (κ1) is 14.2. The number of amides is 1. The third-order valence-electron chi connectivity index (χ3n) is 2.15. The van der Waals surface area contributed by atoms with Crippen LogP contribution in [0, 0.1) is 6.92 Å². The lowest BCUT2D eigenvalue weighted by atomic mass is 10.2. The molecule has 7 heteroatoms. The first-order valence-electron chi connectivity index (χ1n) is 5.15. The Morgan fingerprint density at radius 1 is 1.17 bits per heavy atom. The predicted octanol–water partition coefficient (Wildman–Crippen LogP) is 0.665. The second-order valence-corrected chi connectivity index (χ2v) is 5.42. The zero-order chi connectivity index (χ0) is 13.8. The van der Waals surface area contributed by atoms with Crippen LogP contribution in [0.15, 0.2) is 29.2 Å². The topological polar surface area (TPSA) is 101 Å². The zero-order valence-corrected chi connectivity index (χ0v) is 10.5. The van der Waals surface area contributed by atoms with Gasteiger partial charge in [-0.1, -0.05) is 17.7 Å². The highest BCUT2D eigenvalue weighted by Gasteiger charge is 2.17. The van der Waals surface area contributed by atoms with Crippen molar-refractivity contribution in [3.63, 3.8) is 0 Å². The van der Waals surface area contributed by atoms with Crippen LogP contribution in [-0.4, -0.2) is 25.4 Å². The molecule has 1 amide bonds. The van der Waals surface area contributed by atoms with Gasteiger partial charge in [-0.15, -0.1) is 0 Å². The summed E-state index contributed by atoms with van der Waals surface area (Å²) in [7, 11) is -3.92. The first-order valence-corrected chi connectivity index (χ1v) is 6.64. The number of carboxylic acid groups (broad SMARTS) is 1. The van der Waals surface area contributed by atoms with Crippen molar-refractivity contribution in [3.8, 4) is 0 Å². The summed E-state index contributed by atoms with van der Waals surface area (Å²) in [4.78, 5) is 21.5. The lowest BCUT2D eigenvalue weighted by molar-refractivity contribution is -0.138. The lowest BCUT2D eigenvalue weighted by Gasteiger charge is -2.06. The summed E-state index contributed by atoms with van der Waals surface area (Å²) in [5.74, 6) is -1.99. The molecule has 98 valence electrons. The van der Waals surface area contributed by atoms with Crippen molar-refractivity contribution in [2.75, 3.05) is 0 Å². The van der Waals surface area contributed by atoms with Gasteiger partial charge >= 0.3 is 5.97 Å². The predicted molar refractivity (Wildman–Crippen MR) is 63.4 cm³/mol. The highest BCUT2D eigenvalue weighted by atomic mass is 32.2. The number of hydrogen-bond acceptors (Lipinski definition) is 4. The van der Waals surface area contributed by atoms with E-state index in [-0.39, 0.29) is 11.3 Å². The van der Waals surface area contributed by atoms with E-state index in [1.165, 1.54) is 12.1 Å². The minimum Gasteiger partial charge on any atom is -0.481 e. The molecule has 18 heavy (non-hydrogen) atoms. The minimum absolute atomic E-state index is 0.0308. The lowest BCUT2D eigenvalue weighted by Crippen LogP contribution is -2.30. The number of benzene rings is 1. The van der Waals surface area contributed by atoms with Gasteiger partial charge in [0.1, 0.15) is 0 Å². The molecule has 0 aromatic heterocycles. The van der Waals surface area contributed by atoms with Crippen LogP contribution < -0.4 is 4.72 Å². The van der Waals surface area contributed by atoms with E-state index in [2.05, 4.69) is 0 Å². The van der Waals surface area contributed by atoms with Crippen LogP contribution in [0.3, 0.4) is 0 Å². The Labute approximate surface area is 105 Å². The van der Waals surface area contributed by atoms with Crippen molar-refractivity contribution in [2.45, 2.75) is 24.7 Å². The number of nitrogens with one attached hydrogen (secondary N) is 1. The zero-order valence-electron chi connectivity index (χ0n) is 9.71. The molecule has 0 bridgehead atoms. The van der Waals surface area contributed by atoms with Crippen LogP contribution in [-0.2, 0) is 19.6 Å². The van der Waals surface area contributed by atoms with E-state index in [1.807, 2.05) is 11.6 Å². The monoisotopic (exact) mass is 271 g/mol. The Bertz CT molecular complexity index is 547. The molecule has 0 unspecified atom stereocenters. The fourth-order valence-corrected chi connectivity index (χ4v) is 2.21. The summed E-state index contributed by atoms with van der Waals surface area (Å²) < 4.78 is 25.3. The van der Waals surface area contributed by atoms with Gasteiger partial charge in [-0.2, -0.15) is 0 Å². The fourth-order valence-electron chi connectivity index (χ4n) is 1.20. The Morgan fingerprint density at radius 3 is 2.22 bits per heavy atom. The molecule has 2 N–H and O–H groups in total. The van der Waals surface area contributed by atoms with Crippen LogP contribution in [0.25, 0.3) is 0 Å². The van der Waals surface area contributed by atoms with Gasteiger partial charge in [-0.05, 0) is 19.1 Å². The summed E-state index contributed by atoms with van der Waals surface area (Å²) in [6.07, 6.45) is -0.782. The van der Waals surface area contributed by atoms with Crippen LogP contribution in [0.1, 0.15) is 18.4 Å². The molecular weight excluding hydrogens is 258 g/mol. The fraction of sp³-hybridized carbons (Fsp3) is 0.273. The summed E-state index contributed by atoms with van der Waals surface area (Å²) in [6, 6.07) is 5.97. The maximum Gasteiger partial charge on any atom is 0.303 e. The van der Waals surface area contributed by atoms with Gasteiger partial charge in [0.15, 0.2) is 0 Å². The molecule has 0 atom stereocenters. The Morgan fingerprint density at radius 2 is 1.72 bits per heavy atom. The normalized spacial score (nSPS) is 10.9. The van der Waals surface area contributed by atoms with Gasteiger partial charge < -0.3 is 5.11 Å². The van der Waals surface area contributed by atoms with Crippen LogP contribution in [0.4, 0.5) is 0 Å². The SMILES string of the molecule is Cc1ccc(S(=O)(=O)NC(=O)CCC(=O)O)cc1. The third kappa shape index (κ3) is 4.17. The maximum atomic E-state index is 11.7. The quantitative estimate of drug-likeness (QED) is 0.819. The van der Waals surface area contributed by atoms with Crippen LogP contribution in [0.5, 0.6) is 0 Å². The average molecular weight is 271 g/mol. The van der Waals surface area contributed by atoms with E-state index in [9.17, 15) is 18.0 Å². The van der Waals surface area contributed by atoms with E-state index < -0.39 is 28.3 Å². The first-order chi connectivity index (χ1) is 8.31. The van der Waals surface area contributed by atoms with E-state index in [0.717, 1.165) is 5.56 Å². The smallest absolute Gasteiger partial charge is 0.303 e. The van der Waals surface area contributed by atoms with Crippen molar-refractivity contribution < 1.29 is 23.1 Å². The number of sulfonamides is 1. The van der Waals surface area contributed by atoms with E-state index >= 15 is 0 Å². The number of aliphatic carboxylic acids is 1. The number of carbonyl (C=O) groups excluding carboxylic acids is 1. The van der Waals surface area contributed by atoms with Crippen LogP contribution in [0.2, 0.25) is 0 Å². The largest absolute Gasteiger partial charge is 0.481 e. The molecule has 0 spiro atoms. The molecule has 1 rings (SSSR count). The van der Waals surface area contributed by atoms with E-state index in [0.29, 0.717) is 0 Å². The number of carboxylic acids is 1. The molecule has 0 saturated heterocycles. The minimum atomic E-state index is -3.92. The van der Waals surface area contributed by atoms with Crippen molar-refractivity contribution in [2.24, 2.45) is 0 Å². The number of hydrogen-bond donors (Lipinski definition) is 2. The van der Waals surface area contributed by atoms with E-state index in [4.69, 9.17) is 5.11 Å². The maximum absolute atomic E-state index is 11.7. The van der Waals surface area contributed by atoms with Gasteiger partial charge in [0.05, 0.1) is 11.3 Å². The standard InChI is InChI=1S/C11H13NO5S/c1-8-2-4-9(5-3-8)18(16,17)12-10(13)6-7-11(14)15/h2-5H,6-7H2,1H3,(H,12,13)(H,14,15). The van der Waals surface area contributed by atoms with E-state index in [1.54, 1.807) is 12.1 Å². The second-order valence-electron chi connectivity index (χ2n) is 3.74. The Balaban J connectivity index is 2.73. The van der Waals surface area contributed by atoms with Gasteiger partial charge in [0.2, 0.25) is 5.91 Å². The number of carbonyl (C=O) groups is 2. The molecule has 0 saturated carbocycles.